The van der Waals surface area contributed by atoms with E-state index >= 15 is 0 Å². The molecule has 2 N–H and O–H groups in total. The third-order valence-electron chi connectivity index (χ3n) is 3.79. The van der Waals surface area contributed by atoms with Gasteiger partial charge in [0.2, 0.25) is 0 Å². The average molecular weight is 358 g/mol. The SMILES string of the molecule is CC1CCN(C(=O)COC(=O)c2nccnc2N)c2ccccc2S1. The second kappa shape index (κ2) is 7.52. The van der Waals surface area contributed by atoms with Gasteiger partial charge in [-0.15, -0.1) is 11.8 Å². The van der Waals surface area contributed by atoms with E-state index in [-0.39, 0.29) is 24.0 Å². The highest BCUT2D eigenvalue weighted by atomic mass is 32.2. The topological polar surface area (TPSA) is 98.4 Å². The van der Waals surface area contributed by atoms with Crippen LogP contribution in [0.4, 0.5) is 11.5 Å². The number of rotatable bonds is 3. The van der Waals surface area contributed by atoms with E-state index in [9.17, 15) is 9.59 Å². The smallest absolute Gasteiger partial charge is 0.361 e. The average Bonchev–Trinajstić information content (AvgIpc) is 2.78. The Morgan fingerprint density at radius 1 is 1.32 bits per heavy atom. The van der Waals surface area contributed by atoms with Gasteiger partial charge in [0.05, 0.1) is 5.69 Å². The number of carbonyl (C=O) groups excluding carboxylic acids is 2. The van der Waals surface area contributed by atoms with Crippen LogP contribution in [0.15, 0.2) is 41.6 Å². The Bertz CT molecular complexity index is 799. The fourth-order valence-electron chi connectivity index (χ4n) is 2.53. The molecule has 2 heterocycles. The first-order valence-corrected chi connectivity index (χ1v) is 8.74. The molecular formula is C17H18N4O3S. The molecule has 0 radical (unpaired) electrons. The van der Waals surface area contributed by atoms with Crippen LogP contribution in [-0.4, -0.2) is 40.2 Å². The molecule has 1 atom stereocenters. The first-order valence-electron chi connectivity index (χ1n) is 7.86. The fourth-order valence-corrected chi connectivity index (χ4v) is 3.64. The number of para-hydroxylation sites is 1. The minimum absolute atomic E-state index is 0.0229. The predicted octanol–water partition coefficient (Wildman–Crippen LogP) is 2.13. The van der Waals surface area contributed by atoms with Gasteiger partial charge in [-0.3, -0.25) is 4.79 Å². The van der Waals surface area contributed by atoms with Gasteiger partial charge in [-0.1, -0.05) is 19.1 Å². The van der Waals surface area contributed by atoms with Crippen molar-refractivity contribution < 1.29 is 14.3 Å². The number of benzene rings is 1. The van der Waals surface area contributed by atoms with Crippen molar-refractivity contribution in [3.63, 3.8) is 0 Å². The van der Waals surface area contributed by atoms with Crippen LogP contribution in [0, 0.1) is 0 Å². The lowest BCUT2D eigenvalue weighted by Gasteiger charge is -2.22. The molecule has 1 amide bonds. The maximum absolute atomic E-state index is 12.6. The zero-order chi connectivity index (χ0) is 17.8. The second-order valence-electron chi connectivity index (χ2n) is 5.60. The molecule has 0 spiro atoms. The van der Waals surface area contributed by atoms with E-state index in [1.54, 1.807) is 16.7 Å². The summed E-state index contributed by atoms with van der Waals surface area (Å²) in [6.45, 7) is 2.34. The van der Waals surface area contributed by atoms with E-state index in [1.165, 1.54) is 12.4 Å². The van der Waals surface area contributed by atoms with Crippen LogP contribution in [0.5, 0.6) is 0 Å². The number of carbonyl (C=O) groups is 2. The molecule has 1 aromatic carbocycles. The number of hydrogen-bond acceptors (Lipinski definition) is 7. The molecule has 1 aliphatic rings. The first kappa shape index (κ1) is 17.2. The predicted molar refractivity (Wildman–Crippen MR) is 95.5 cm³/mol. The van der Waals surface area contributed by atoms with Crippen molar-refractivity contribution >= 4 is 35.1 Å². The van der Waals surface area contributed by atoms with E-state index in [1.807, 2.05) is 24.3 Å². The normalized spacial score (nSPS) is 16.7. The van der Waals surface area contributed by atoms with Gasteiger partial charge >= 0.3 is 5.97 Å². The second-order valence-corrected chi connectivity index (χ2v) is 7.08. The molecule has 1 unspecified atom stereocenters. The standard InChI is InChI=1S/C17H18N4O3S/c1-11-6-9-21(12-4-2-3-5-13(12)25-11)14(22)10-24-17(23)15-16(18)20-8-7-19-15/h2-5,7-8,11H,6,9-10H2,1H3,(H2,18,20). The van der Waals surface area contributed by atoms with Crippen molar-refractivity contribution in [2.75, 3.05) is 23.8 Å². The lowest BCUT2D eigenvalue weighted by molar-refractivity contribution is -0.121. The number of anilines is 2. The minimum Gasteiger partial charge on any atom is -0.451 e. The summed E-state index contributed by atoms with van der Waals surface area (Å²) >= 11 is 1.74. The molecule has 1 aromatic heterocycles. The largest absolute Gasteiger partial charge is 0.451 e. The number of aromatic nitrogens is 2. The Kier molecular flexibility index (Phi) is 5.18. The molecule has 130 valence electrons. The van der Waals surface area contributed by atoms with Gasteiger partial charge in [-0.05, 0) is 18.6 Å². The highest BCUT2D eigenvalue weighted by Crippen LogP contribution is 2.37. The molecule has 25 heavy (non-hydrogen) atoms. The molecule has 0 saturated carbocycles. The molecule has 0 bridgehead atoms. The number of nitrogens with zero attached hydrogens (tertiary/aromatic N) is 3. The Labute approximate surface area is 149 Å². The number of nitrogens with two attached hydrogens (primary N) is 1. The number of nitrogen functional groups attached to an aromatic ring is 1. The summed E-state index contributed by atoms with van der Waals surface area (Å²) in [5.41, 5.74) is 6.35. The summed E-state index contributed by atoms with van der Waals surface area (Å²) < 4.78 is 5.09. The summed E-state index contributed by atoms with van der Waals surface area (Å²) in [7, 11) is 0. The molecule has 2 aromatic rings. The minimum atomic E-state index is -0.759. The molecule has 0 fully saturated rings. The summed E-state index contributed by atoms with van der Waals surface area (Å²) in [4.78, 5) is 35.0. The molecule has 0 aliphatic carbocycles. The van der Waals surface area contributed by atoms with Gasteiger partial charge < -0.3 is 15.4 Å². The highest BCUT2D eigenvalue weighted by molar-refractivity contribution is 8.00. The van der Waals surface area contributed by atoms with Crippen LogP contribution < -0.4 is 10.6 Å². The van der Waals surface area contributed by atoms with Crippen LogP contribution >= 0.6 is 11.8 Å². The van der Waals surface area contributed by atoms with Crippen LogP contribution in [0.25, 0.3) is 0 Å². The Morgan fingerprint density at radius 2 is 2.08 bits per heavy atom. The number of hydrogen-bond donors (Lipinski definition) is 1. The van der Waals surface area contributed by atoms with Crippen LogP contribution in [0.2, 0.25) is 0 Å². The number of esters is 1. The van der Waals surface area contributed by atoms with Gasteiger partial charge in [0.1, 0.15) is 0 Å². The van der Waals surface area contributed by atoms with Gasteiger partial charge in [0.25, 0.3) is 5.91 Å². The van der Waals surface area contributed by atoms with Gasteiger partial charge in [0.15, 0.2) is 18.1 Å². The van der Waals surface area contributed by atoms with Gasteiger partial charge in [-0.2, -0.15) is 0 Å². The fraction of sp³-hybridized carbons (Fsp3) is 0.294. The highest BCUT2D eigenvalue weighted by Gasteiger charge is 2.25. The molecule has 7 nitrogen and oxygen atoms in total. The quantitative estimate of drug-likeness (QED) is 0.839. The third-order valence-corrected chi connectivity index (χ3v) is 5.03. The molecule has 0 saturated heterocycles. The van der Waals surface area contributed by atoms with Crippen molar-refractivity contribution in [3.8, 4) is 0 Å². The Morgan fingerprint density at radius 3 is 2.88 bits per heavy atom. The molecule has 3 rings (SSSR count). The summed E-state index contributed by atoms with van der Waals surface area (Å²) in [5, 5.41) is 0.404. The first-order chi connectivity index (χ1) is 12.1. The number of fused-ring (bicyclic) bond motifs is 1. The summed E-state index contributed by atoms with van der Waals surface area (Å²) in [5.74, 6) is -1.06. The summed E-state index contributed by atoms with van der Waals surface area (Å²) in [6, 6.07) is 7.74. The van der Waals surface area contributed by atoms with Crippen molar-refractivity contribution in [1.29, 1.82) is 0 Å². The monoisotopic (exact) mass is 358 g/mol. The van der Waals surface area contributed by atoms with Crippen molar-refractivity contribution in [2.45, 2.75) is 23.5 Å². The lowest BCUT2D eigenvalue weighted by atomic mass is 10.2. The summed E-state index contributed by atoms with van der Waals surface area (Å²) in [6.07, 6.45) is 3.58. The van der Waals surface area contributed by atoms with Crippen LogP contribution in [0.1, 0.15) is 23.8 Å². The van der Waals surface area contributed by atoms with Gasteiger partial charge in [-0.25, -0.2) is 14.8 Å². The lowest BCUT2D eigenvalue weighted by Crippen LogP contribution is -2.36. The van der Waals surface area contributed by atoms with Crippen LogP contribution in [0.3, 0.4) is 0 Å². The van der Waals surface area contributed by atoms with Crippen LogP contribution in [-0.2, 0) is 9.53 Å². The molecular weight excluding hydrogens is 340 g/mol. The Hall–Kier alpha value is -2.61. The maximum atomic E-state index is 12.6. The Balaban J connectivity index is 1.71. The zero-order valence-corrected chi connectivity index (χ0v) is 14.5. The number of ether oxygens (including phenoxy) is 1. The van der Waals surface area contributed by atoms with E-state index in [2.05, 4.69) is 16.9 Å². The van der Waals surface area contributed by atoms with Crippen molar-refractivity contribution in [1.82, 2.24) is 9.97 Å². The maximum Gasteiger partial charge on any atom is 0.361 e. The van der Waals surface area contributed by atoms with Crippen molar-refractivity contribution in [3.05, 3.63) is 42.4 Å². The molecule has 1 aliphatic heterocycles. The van der Waals surface area contributed by atoms with E-state index in [4.69, 9.17) is 10.5 Å². The van der Waals surface area contributed by atoms with E-state index in [0.29, 0.717) is 11.8 Å². The van der Waals surface area contributed by atoms with Crippen molar-refractivity contribution in [2.24, 2.45) is 0 Å². The number of thioether (sulfide) groups is 1. The van der Waals surface area contributed by atoms with E-state index < -0.39 is 5.97 Å². The zero-order valence-electron chi connectivity index (χ0n) is 13.7. The number of amides is 1. The molecule has 8 heteroatoms. The van der Waals surface area contributed by atoms with Gasteiger partial charge in [0, 0.05) is 29.1 Å². The third kappa shape index (κ3) is 3.90. The van der Waals surface area contributed by atoms with E-state index in [0.717, 1.165) is 17.0 Å².